The van der Waals surface area contributed by atoms with Crippen molar-refractivity contribution in [3.05, 3.63) is 60.1 Å². The Bertz CT molecular complexity index is 668. The maximum absolute atomic E-state index is 13.2. The largest absolute Gasteiger partial charge is 0.344 e. The molecule has 19 heavy (non-hydrogen) atoms. The molecule has 2 heterocycles. The lowest BCUT2D eigenvalue weighted by atomic mass is 10.1. The maximum Gasteiger partial charge on any atom is 0.124 e. The molecule has 3 rings (SSSR count). The molecule has 0 aliphatic rings. The van der Waals surface area contributed by atoms with E-state index in [4.69, 9.17) is 0 Å². The Labute approximate surface area is 114 Å². The van der Waals surface area contributed by atoms with E-state index in [0.29, 0.717) is 0 Å². The summed E-state index contributed by atoms with van der Waals surface area (Å²) in [6, 6.07) is 8.47. The van der Waals surface area contributed by atoms with Crippen molar-refractivity contribution in [2.75, 3.05) is 0 Å². The molecule has 0 fully saturated rings. The van der Waals surface area contributed by atoms with Gasteiger partial charge in [-0.1, -0.05) is 12.1 Å². The first kappa shape index (κ1) is 13.3. The van der Waals surface area contributed by atoms with E-state index in [0.717, 1.165) is 21.7 Å². The van der Waals surface area contributed by atoms with Gasteiger partial charge in [-0.2, -0.15) is 0 Å². The van der Waals surface area contributed by atoms with Crippen molar-refractivity contribution in [3.8, 4) is 21.7 Å². The molecule has 0 radical (unpaired) electrons. The number of halogens is 1. The lowest BCUT2D eigenvalue weighted by Crippen LogP contribution is -1.84. The van der Waals surface area contributed by atoms with Crippen molar-refractivity contribution in [1.82, 2.24) is 16.1 Å². The molecule has 0 atom stereocenters. The van der Waals surface area contributed by atoms with E-state index in [1.165, 1.54) is 12.1 Å². The van der Waals surface area contributed by atoms with Crippen LogP contribution in [0.5, 0.6) is 0 Å². The van der Waals surface area contributed by atoms with Gasteiger partial charge in [0.15, 0.2) is 0 Å². The van der Waals surface area contributed by atoms with Gasteiger partial charge in [-0.15, -0.1) is 11.3 Å². The highest BCUT2D eigenvalue weighted by molar-refractivity contribution is 7.13. The van der Waals surface area contributed by atoms with Crippen LogP contribution >= 0.6 is 11.3 Å². The van der Waals surface area contributed by atoms with E-state index in [1.807, 2.05) is 17.5 Å². The van der Waals surface area contributed by atoms with E-state index in [-0.39, 0.29) is 12.0 Å². The highest BCUT2D eigenvalue weighted by Crippen LogP contribution is 2.26. The average molecular weight is 273 g/mol. The third-order valence-electron chi connectivity index (χ3n) is 2.58. The normalized spacial score (nSPS) is 9.95. The van der Waals surface area contributed by atoms with Crippen molar-refractivity contribution < 1.29 is 4.39 Å². The van der Waals surface area contributed by atoms with Crippen LogP contribution in [0.25, 0.3) is 21.7 Å². The minimum atomic E-state index is -0.243. The Morgan fingerprint density at radius 1 is 1.00 bits per heavy atom. The first-order chi connectivity index (χ1) is 8.83. The Balaban J connectivity index is 0.00000133. The van der Waals surface area contributed by atoms with Crippen LogP contribution < -0.4 is 6.15 Å². The van der Waals surface area contributed by atoms with Crippen LogP contribution in [-0.2, 0) is 0 Å². The fourth-order valence-electron chi connectivity index (χ4n) is 1.75. The molecule has 0 bridgehead atoms. The van der Waals surface area contributed by atoms with E-state index in [1.54, 1.807) is 36.0 Å². The molecular formula is C14H12FN3S. The average Bonchev–Trinajstić information content (AvgIpc) is 2.93. The maximum atomic E-state index is 13.2. The van der Waals surface area contributed by atoms with Gasteiger partial charge in [-0.05, 0) is 23.8 Å². The zero-order valence-electron chi connectivity index (χ0n) is 10.1. The number of hydrogen-bond donors (Lipinski definition) is 1. The van der Waals surface area contributed by atoms with Gasteiger partial charge in [0.05, 0.1) is 0 Å². The molecule has 0 unspecified atom stereocenters. The summed E-state index contributed by atoms with van der Waals surface area (Å²) in [6.45, 7) is 0. The van der Waals surface area contributed by atoms with Crippen LogP contribution in [0.4, 0.5) is 4.39 Å². The summed E-state index contributed by atoms with van der Waals surface area (Å²) < 4.78 is 13.2. The molecule has 0 saturated heterocycles. The smallest absolute Gasteiger partial charge is 0.124 e. The SMILES string of the molecule is Fc1cccc(-c2cncc(-c3nccs3)c2)c1.N. The van der Waals surface area contributed by atoms with E-state index >= 15 is 0 Å². The van der Waals surface area contributed by atoms with E-state index < -0.39 is 0 Å². The second-order valence-corrected chi connectivity index (χ2v) is 4.70. The lowest BCUT2D eigenvalue weighted by Gasteiger charge is -2.03. The third-order valence-corrected chi connectivity index (χ3v) is 3.40. The van der Waals surface area contributed by atoms with Gasteiger partial charge in [-0.25, -0.2) is 9.37 Å². The Kier molecular flexibility index (Phi) is 3.99. The predicted octanol–water partition coefficient (Wildman–Crippen LogP) is 4.17. The number of rotatable bonds is 2. The minimum Gasteiger partial charge on any atom is -0.344 e. The van der Waals surface area contributed by atoms with E-state index in [9.17, 15) is 4.39 Å². The topological polar surface area (TPSA) is 60.8 Å². The number of aromatic nitrogens is 2. The number of pyridine rings is 1. The van der Waals surface area contributed by atoms with E-state index in [2.05, 4.69) is 9.97 Å². The van der Waals surface area contributed by atoms with Crippen LogP contribution in [-0.4, -0.2) is 9.97 Å². The quantitative estimate of drug-likeness (QED) is 0.762. The summed E-state index contributed by atoms with van der Waals surface area (Å²) in [6.07, 6.45) is 5.25. The van der Waals surface area contributed by atoms with Gasteiger partial charge in [0.25, 0.3) is 0 Å². The summed E-state index contributed by atoms with van der Waals surface area (Å²) in [5.41, 5.74) is 2.66. The third kappa shape index (κ3) is 2.83. The number of benzene rings is 1. The Morgan fingerprint density at radius 2 is 1.84 bits per heavy atom. The van der Waals surface area contributed by atoms with Crippen LogP contribution in [0.2, 0.25) is 0 Å². The molecule has 0 spiro atoms. The molecule has 0 aliphatic carbocycles. The summed E-state index contributed by atoms with van der Waals surface area (Å²) >= 11 is 1.56. The Morgan fingerprint density at radius 3 is 2.58 bits per heavy atom. The molecule has 1 aromatic carbocycles. The molecule has 5 heteroatoms. The zero-order chi connectivity index (χ0) is 12.4. The monoisotopic (exact) mass is 273 g/mol. The second-order valence-electron chi connectivity index (χ2n) is 3.81. The molecule has 3 nitrogen and oxygen atoms in total. The summed E-state index contributed by atoms with van der Waals surface area (Å²) in [7, 11) is 0. The van der Waals surface area contributed by atoms with Gasteiger partial charge in [0, 0.05) is 35.1 Å². The molecule has 3 aromatic rings. The highest BCUT2D eigenvalue weighted by atomic mass is 32.1. The lowest BCUT2D eigenvalue weighted by molar-refractivity contribution is 0.628. The molecule has 96 valence electrons. The Hall–Kier alpha value is -2.11. The zero-order valence-corrected chi connectivity index (χ0v) is 10.9. The van der Waals surface area contributed by atoms with Crippen LogP contribution in [0.3, 0.4) is 0 Å². The fraction of sp³-hybridized carbons (Fsp3) is 0. The molecule has 0 aliphatic heterocycles. The van der Waals surface area contributed by atoms with Gasteiger partial charge < -0.3 is 6.15 Å². The highest BCUT2D eigenvalue weighted by Gasteiger charge is 2.04. The standard InChI is InChI=1S/C14H9FN2S.H3N/c15-13-3-1-2-10(7-13)11-6-12(9-16-8-11)14-17-4-5-18-14;/h1-9H;1H3. The van der Waals surface area contributed by atoms with Crippen molar-refractivity contribution in [1.29, 1.82) is 0 Å². The minimum absolute atomic E-state index is 0. The molecular weight excluding hydrogens is 261 g/mol. The summed E-state index contributed by atoms with van der Waals surface area (Å²) in [5.74, 6) is -0.243. The summed E-state index contributed by atoms with van der Waals surface area (Å²) in [4.78, 5) is 8.43. The fourth-order valence-corrected chi connectivity index (χ4v) is 2.37. The number of hydrogen-bond acceptors (Lipinski definition) is 4. The molecule has 2 aromatic heterocycles. The van der Waals surface area contributed by atoms with Gasteiger partial charge >= 0.3 is 0 Å². The van der Waals surface area contributed by atoms with Crippen LogP contribution in [0.1, 0.15) is 0 Å². The van der Waals surface area contributed by atoms with Crippen molar-refractivity contribution >= 4 is 11.3 Å². The molecule has 0 saturated carbocycles. The molecule has 0 amide bonds. The van der Waals surface area contributed by atoms with Crippen molar-refractivity contribution in [2.45, 2.75) is 0 Å². The number of nitrogens with zero attached hydrogens (tertiary/aromatic N) is 2. The summed E-state index contributed by atoms with van der Waals surface area (Å²) in [5, 5.41) is 2.84. The van der Waals surface area contributed by atoms with Gasteiger partial charge in [0.2, 0.25) is 0 Å². The van der Waals surface area contributed by atoms with Gasteiger partial charge in [-0.3, -0.25) is 4.98 Å². The van der Waals surface area contributed by atoms with Crippen molar-refractivity contribution in [3.63, 3.8) is 0 Å². The first-order valence-corrected chi connectivity index (χ1v) is 6.32. The number of thiazole rings is 1. The second kappa shape index (κ2) is 5.69. The van der Waals surface area contributed by atoms with Crippen LogP contribution in [0, 0.1) is 5.82 Å². The van der Waals surface area contributed by atoms with Gasteiger partial charge in [0.1, 0.15) is 10.8 Å². The predicted molar refractivity (Wildman–Crippen MR) is 75.8 cm³/mol. The van der Waals surface area contributed by atoms with Crippen molar-refractivity contribution in [2.24, 2.45) is 0 Å². The molecule has 3 N–H and O–H groups in total. The first-order valence-electron chi connectivity index (χ1n) is 5.44. The van der Waals surface area contributed by atoms with Crippen LogP contribution in [0.15, 0.2) is 54.3 Å².